The molecule has 2 aromatic rings. The third-order valence-electron chi connectivity index (χ3n) is 5.15. The Morgan fingerprint density at radius 2 is 2.09 bits per heavy atom. The molecule has 0 radical (unpaired) electrons. The van der Waals surface area contributed by atoms with E-state index in [1.54, 1.807) is 18.3 Å². The molecule has 3 heterocycles. The molecule has 120 valence electrons. The Labute approximate surface area is 140 Å². The van der Waals surface area contributed by atoms with Crippen molar-refractivity contribution in [2.75, 3.05) is 19.6 Å². The summed E-state index contributed by atoms with van der Waals surface area (Å²) < 4.78 is 0. The highest BCUT2D eigenvalue weighted by atomic mass is 32.1. The van der Waals surface area contributed by atoms with Crippen LogP contribution in [0.2, 0.25) is 0 Å². The number of hydrogen-bond acceptors (Lipinski definition) is 4. The Balaban J connectivity index is 1.55. The number of benzene rings is 1. The van der Waals surface area contributed by atoms with Gasteiger partial charge in [0.25, 0.3) is 0 Å². The van der Waals surface area contributed by atoms with E-state index in [0.29, 0.717) is 11.8 Å². The van der Waals surface area contributed by atoms with Gasteiger partial charge in [-0.05, 0) is 11.5 Å². The summed E-state index contributed by atoms with van der Waals surface area (Å²) in [4.78, 5) is 21.1. The average molecular weight is 327 g/mol. The van der Waals surface area contributed by atoms with Gasteiger partial charge in [0.1, 0.15) is 0 Å². The molecular weight excluding hydrogens is 306 g/mol. The monoisotopic (exact) mass is 327 g/mol. The van der Waals surface area contributed by atoms with E-state index in [1.807, 2.05) is 11.6 Å². The average Bonchev–Trinajstić information content (AvgIpc) is 3.24. The molecule has 0 saturated carbocycles. The molecule has 0 spiro atoms. The maximum Gasteiger partial charge on any atom is 0.219 e. The van der Waals surface area contributed by atoms with Crippen LogP contribution in [0.5, 0.6) is 0 Å². The smallest absolute Gasteiger partial charge is 0.219 e. The summed E-state index contributed by atoms with van der Waals surface area (Å²) in [5, 5.41) is 2.13. The molecule has 0 aliphatic carbocycles. The first-order valence-electron chi connectivity index (χ1n) is 8.14. The molecule has 4 rings (SSSR count). The van der Waals surface area contributed by atoms with Crippen molar-refractivity contribution < 1.29 is 4.79 Å². The van der Waals surface area contributed by atoms with Crippen molar-refractivity contribution in [3.8, 4) is 0 Å². The Hall–Kier alpha value is -1.72. The fourth-order valence-corrected chi connectivity index (χ4v) is 4.76. The molecule has 1 amide bonds. The summed E-state index contributed by atoms with van der Waals surface area (Å²) >= 11 is 1.66. The van der Waals surface area contributed by atoms with Crippen molar-refractivity contribution in [3.63, 3.8) is 0 Å². The molecule has 2 saturated heterocycles. The molecule has 0 unspecified atom stereocenters. The van der Waals surface area contributed by atoms with E-state index in [9.17, 15) is 4.79 Å². The molecule has 2 aliphatic rings. The standard InChI is InChI=1S/C18H21N3OS/c1-13(22)21-8-15-7-20(9-16-11-23-12-19-16)10-17(15)18(21)14-5-3-2-4-6-14/h2-6,11-12,15,17-18H,7-10H2,1H3/t15-,17-,18+/m1/s1. The number of thiazole rings is 1. The number of likely N-dealkylation sites (tertiary alicyclic amines) is 2. The van der Waals surface area contributed by atoms with E-state index in [0.717, 1.165) is 31.9 Å². The highest BCUT2D eigenvalue weighted by Gasteiger charge is 2.48. The van der Waals surface area contributed by atoms with Gasteiger partial charge < -0.3 is 4.90 Å². The minimum atomic E-state index is 0.194. The first-order chi connectivity index (χ1) is 11.2. The molecule has 2 fully saturated rings. The van der Waals surface area contributed by atoms with Gasteiger partial charge in [-0.15, -0.1) is 11.3 Å². The zero-order valence-corrected chi connectivity index (χ0v) is 14.1. The van der Waals surface area contributed by atoms with Crippen molar-refractivity contribution in [1.82, 2.24) is 14.8 Å². The van der Waals surface area contributed by atoms with E-state index >= 15 is 0 Å². The Morgan fingerprint density at radius 3 is 2.78 bits per heavy atom. The van der Waals surface area contributed by atoms with E-state index in [-0.39, 0.29) is 11.9 Å². The fourth-order valence-electron chi connectivity index (χ4n) is 4.21. The number of fused-ring (bicyclic) bond motifs is 1. The van der Waals surface area contributed by atoms with Crippen molar-refractivity contribution in [2.24, 2.45) is 11.8 Å². The second-order valence-electron chi connectivity index (χ2n) is 6.62. The number of nitrogens with zero attached hydrogens (tertiary/aromatic N) is 3. The van der Waals surface area contributed by atoms with Crippen LogP contribution in [0.4, 0.5) is 0 Å². The van der Waals surface area contributed by atoms with Crippen LogP contribution in [-0.2, 0) is 11.3 Å². The maximum atomic E-state index is 12.1. The molecular formula is C18H21N3OS. The first-order valence-corrected chi connectivity index (χ1v) is 9.08. The van der Waals surface area contributed by atoms with Crippen molar-refractivity contribution >= 4 is 17.2 Å². The second-order valence-corrected chi connectivity index (χ2v) is 7.34. The van der Waals surface area contributed by atoms with E-state index in [1.165, 1.54) is 5.56 Å². The fraction of sp³-hybridized carbons (Fsp3) is 0.444. The lowest BCUT2D eigenvalue weighted by Crippen LogP contribution is -2.34. The maximum absolute atomic E-state index is 12.1. The number of aromatic nitrogens is 1. The van der Waals surface area contributed by atoms with Crippen molar-refractivity contribution in [3.05, 3.63) is 52.5 Å². The lowest BCUT2D eigenvalue weighted by molar-refractivity contribution is -0.130. The Bertz CT molecular complexity index is 673. The summed E-state index contributed by atoms with van der Waals surface area (Å²) in [5.41, 5.74) is 4.33. The first kappa shape index (κ1) is 14.8. The molecule has 0 N–H and O–H groups in total. The largest absolute Gasteiger partial charge is 0.335 e. The number of amides is 1. The molecule has 3 atom stereocenters. The van der Waals surface area contributed by atoms with Crippen LogP contribution in [0.15, 0.2) is 41.2 Å². The van der Waals surface area contributed by atoms with Crippen LogP contribution in [0, 0.1) is 11.8 Å². The van der Waals surface area contributed by atoms with Crippen LogP contribution in [0.3, 0.4) is 0 Å². The summed E-state index contributed by atoms with van der Waals surface area (Å²) in [6, 6.07) is 10.7. The molecule has 4 nitrogen and oxygen atoms in total. The van der Waals surface area contributed by atoms with Gasteiger partial charge in [-0.1, -0.05) is 30.3 Å². The molecule has 2 aliphatic heterocycles. The van der Waals surface area contributed by atoms with Crippen LogP contribution in [0.25, 0.3) is 0 Å². The summed E-state index contributed by atoms with van der Waals surface area (Å²) in [6.45, 7) is 5.62. The van der Waals surface area contributed by atoms with Crippen molar-refractivity contribution in [1.29, 1.82) is 0 Å². The molecule has 23 heavy (non-hydrogen) atoms. The quantitative estimate of drug-likeness (QED) is 0.870. The lowest BCUT2D eigenvalue weighted by atomic mass is 9.89. The van der Waals surface area contributed by atoms with Crippen molar-refractivity contribution in [2.45, 2.75) is 19.5 Å². The molecule has 0 bridgehead atoms. The number of carbonyl (C=O) groups excluding carboxylic acids is 1. The van der Waals surface area contributed by atoms with Gasteiger partial charge in [-0.3, -0.25) is 9.69 Å². The summed E-state index contributed by atoms with van der Waals surface area (Å²) in [7, 11) is 0. The molecule has 1 aromatic carbocycles. The van der Waals surface area contributed by atoms with Gasteiger partial charge >= 0.3 is 0 Å². The van der Waals surface area contributed by atoms with Crippen LogP contribution >= 0.6 is 11.3 Å². The number of carbonyl (C=O) groups is 1. The van der Waals surface area contributed by atoms with Gasteiger partial charge in [0.2, 0.25) is 5.91 Å². The Morgan fingerprint density at radius 1 is 1.26 bits per heavy atom. The minimum Gasteiger partial charge on any atom is -0.335 e. The van der Waals surface area contributed by atoms with Gasteiger partial charge in [0.05, 0.1) is 17.2 Å². The number of hydrogen-bond donors (Lipinski definition) is 0. The normalized spacial score (nSPS) is 27.3. The van der Waals surface area contributed by atoms with Gasteiger partial charge in [0, 0.05) is 44.4 Å². The predicted molar refractivity (Wildman–Crippen MR) is 90.9 cm³/mol. The topological polar surface area (TPSA) is 36.4 Å². The second kappa shape index (κ2) is 6.06. The third kappa shape index (κ3) is 2.79. The predicted octanol–water partition coefficient (Wildman–Crippen LogP) is 2.79. The SMILES string of the molecule is CC(=O)N1C[C@H]2CN(Cc3cscn3)C[C@H]2[C@@H]1c1ccccc1. The lowest BCUT2D eigenvalue weighted by Gasteiger charge is -2.29. The highest BCUT2D eigenvalue weighted by Crippen LogP contribution is 2.45. The summed E-state index contributed by atoms with van der Waals surface area (Å²) in [5.74, 6) is 1.29. The van der Waals surface area contributed by atoms with E-state index in [4.69, 9.17) is 0 Å². The van der Waals surface area contributed by atoms with Crippen LogP contribution < -0.4 is 0 Å². The minimum absolute atomic E-state index is 0.194. The zero-order chi connectivity index (χ0) is 15.8. The van der Waals surface area contributed by atoms with Crippen LogP contribution in [-0.4, -0.2) is 40.3 Å². The Kier molecular flexibility index (Phi) is 3.91. The van der Waals surface area contributed by atoms with Gasteiger partial charge in [-0.2, -0.15) is 0 Å². The number of rotatable bonds is 3. The molecule has 1 aromatic heterocycles. The molecule has 5 heteroatoms. The van der Waals surface area contributed by atoms with E-state index in [2.05, 4.69) is 44.4 Å². The van der Waals surface area contributed by atoms with Crippen LogP contribution in [0.1, 0.15) is 24.2 Å². The van der Waals surface area contributed by atoms with Gasteiger partial charge in [0.15, 0.2) is 0 Å². The zero-order valence-electron chi connectivity index (χ0n) is 13.3. The highest BCUT2D eigenvalue weighted by molar-refractivity contribution is 7.07. The summed E-state index contributed by atoms with van der Waals surface area (Å²) in [6.07, 6.45) is 0. The van der Waals surface area contributed by atoms with Gasteiger partial charge in [-0.25, -0.2) is 4.98 Å². The van der Waals surface area contributed by atoms with E-state index < -0.39 is 0 Å². The third-order valence-corrected chi connectivity index (χ3v) is 5.79.